The van der Waals surface area contributed by atoms with Crippen molar-refractivity contribution in [3.63, 3.8) is 0 Å². The number of benzene rings is 1. The molecule has 0 aliphatic rings. The minimum Gasteiger partial charge on any atom is -0.382 e. The maximum Gasteiger partial charge on any atom is 0.416 e. The van der Waals surface area contributed by atoms with Crippen LogP contribution in [0.1, 0.15) is 28.9 Å². The van der Waals surface area contributed by atoms with Crippen molar-refractivity contribution in [1.82, 2.24) is 43.9 Å². The minimum atomic E-state index is -4.95. The number of carbonyl (C=O) groups is 1. The van der Waals surface area contributed by atoms with Crippen molar-refractivity contribution in [2.75, 3.05) is 0 Å². The highest BCUT2D eigenvalue weighted by molar-refractivity contribution is 6.30. The summed E-state index contributed by atoms with van der Waals surface area (Å²) < 4.78 is 44.0. The normalized spacial score (nSPS) is 12.5. The van der Waals surface area contributed by atoms with Gasteiger partial charge in [0.1, 0.15) is 18.6 Å². The Hall–Kier alpha value is -4.63. The number of ketones is 1. The van der Waals surface area contributed by atoms with Gasteiger partial charge in [0.05, 0.1) is 24.3 Å². The van der Waals surface area contributed by atoms with Crippen molar-refractivity contribution >= 4 is 17.4 Å². The van der Waals surface area contributed by atoms with Gasteiger partial charge in [-0.05, 0) is 49.4 Å². The molecule has 5 rings (SSSR count). The van der Waals surface area contributed by atoms with Crippen LogP contribution in [0.3, 0.4) is 0 Å². The van der Waals surface area contributed by atoms with Crippen LogP contribution >= 0.6 is 11.6 Å². The minimum absolute atomic E-state index is 0.0348. The lowest BCUT2D eigenvalue weighted by molar-refractivity contribution is -0.207. The number of aromatic nitrogens is 9. The first-order chi connectivity index (χ1) is 20.0. The third-order valence-corrected chi connectivity index (χ3v) is 6.58. The molecule has 0 aliphatic carbocycles. The topological polar surface area (TPSA) is 139 Å². The molecule has 1 aromatic carbocycles. The largest absolute Gasteiger partial charge is 0.416 e. The molecule has 42 heavy (non-hydrogen) atoms. The van der Waals surface area contributed by atoms with E-state index in [9.17, 15) is 27.9 Å². The third-order valence-electron chi connectivity index (χ3n) is 6.33. The van der Waals surface area contributed by atoms with Crippen molar-refractivity contribution in [3.8, 4) is 17.1 Å². The third kappa shape index (κ3) is 6.01. The number of aliphatic hydroxyl groups is 1. The number of pyridine rings is 1. The van der Waals surface area contributed by atoms with Crippen LogP contribution in [-0.2, 0) is 26.1 Å². The Bertz CT molecular complexity index is 1770. The maximum atomic E-state index is 13.2. The van der Waals surface area contributed by atoms with Crippen LogP contribution in [0, 0.1) is 0 Å². The Labute approximate surface area is 240 Å². The molecule has 16 heteroatoms. The fourth-order valence-corrected chi connectivity index (χ4v) is 4.38. The van der Waals surface area contributed by atoms with Crippen molar-refractivity contribution in [1.29, 1.82) is 0 Å². The summed E-state index contributed by atoms with van der Waals surface area (Å²) in [4.78, 5) is 34.6. The molecular formula is C26H23ClF3N9O3. The first-order valence-corrected chi connectivity index (χ1v) is 13.0. The fourth-order valence-electron chi connectivity index (χ4n) is 4.26. The van der Waals surface area contributed by atoms with E-state index in [1.807, 2.05) is 6.92 Å². The average molecular weight is 602 g/mol. The summed E-state index contributed by atoms with van der Waals surface area (Å²) in [6.45, 7) is 1.05. The summed E-state index contributed by atoms with van der Waals surface area (Å²) in [5, 5.41) is 22.8. The molecule has 0 unspecified atom stereocenters. The van der Waals surface area contributed by atoms with E-state index >= 15 is 0 Å². The second-order valence-corrected chi connectivity index (χ2v) is 9.58. The Morgan fingerprint density at radius 1 is 1.05 bits per heavy atom. The first-order valence-electron chi connectivity index (χ1n) is 12.6. The van der Waals surface area contributed by atoms with Crippen molar-refractivity contribution < 1.29 is 23.1 Å². The zero-order valence-corrected chi connectivity index (χ0v) is 22.7. The maximum absolute atomic E-state index is 13.2. The van der Waals surface area contributed by atoms with E-state index in [1.54, 1.807) is 35.3 Å². The number of hydrogen-bond acceptors (Lipinski definition) is 8. The number of rotatable bonds is 10. The van der Waals surface area contributed by atoms with Crippen LogP contribution in [0.25, 0.3) is 17.1 Å². The molecule has 0 amide bonds. The highest BCUT2D eigenvalue weighted by Gasteiger charge is 2.39. The molecule has 0 aliphatic heterocycles. The molecule has 0 radical (unpaired) electrons. The SMILES string of the molecule is CCn1nccc1C(=O)Cc1ncccc1-n1cnc(Cn2nc(-c3ccc(Cl)cc3)n(C[C@H](O)C(F)(F)F)c2=O)n1. The van der Waals surface area contributed by atoms with Crippen LogP contribution in [0.5, 0.6) is 0 Å². The predicted octanol–water partition coefficient (Wildman–Crippen LogP) is 2.95. The zero-order chi connectivity index (χ0) is 30.0. The summed E-state index contributed by atoms with van der Waals surface area (Å²) in [6, 6.07) is 11.0. The van der Waals surface area contributed by atoms with E-state index < -0.39 is 24.5 Å². The summed E-state index contributed by atoms with van der Waals surface area (Å²) in [5.41, 5.74) is 0.753. The summed E-state index contributed by atoms with van der Waals surface area (Å²) in [5.74, 6) is -0.174. The molecule has 0 saturated carbocycles. The molecule has 218 valence electrons. The monoisotopic (exact) mass is 601 g/mol. The summed E-state index contributed by atoms with van der Waals surface area (Å²) in [6.07, 6.45) is -3.32. The van der Waals surface area contributed by atoms with Gasteiger partial charge in [-0.15, -0.1) is 10.2 Å². The van der Waals surface area contributed by atoms with Crippen molar-refractivity contribution in [3.05, 3.63) is 93.9 Å². The van der Waals surface area contributed by atoms with Gasteiger partial charge in [0.15, 0.2) is 23.5 Å². The highest BCUT2D eigenvalue weighted by Crippen LogP contribution is 2.24. The molecule has 0 bridgehead atoms. The van der Waals surface area contributed by atoms with Gasteiger partial charge in [-0.25, -0.2) is 19.1 Å². The number of halogens is 4. The van der Waals surface area contributed by atoms with Gasteiger partial charge in [0.25, 0.3) is 0 Å². The Balaban J connectivity index is 1.44. The number of hydrogen-bond donors (Lipinski definition) is 1. The summed E-state index contributed by atoms with van der Waals surface area (Å²) in [7, 11) is 0. The number of aryl methyl sites for hydroxylation is 1. The molecular weight excluding hydrogens is 579 g/mol. The van der Waals surface area contributed by atoms with Gasteiger partial charge in [-0.3, -0.25) is 19.0 Å². The average Bonchev–Trinajstić information content (AvgIpc) is 3.70. The van der Waals surface area contributed by atoms with Crippen molar-refractivity contribution in [2.45, 2.75) is 45.3 Å². The molecule has 4 heterocycles. The number of alkyl halides is 3. The Morgan fingerprint density at radius 2 is 1.81 bits per heavy atom. The van der Waals surface area contributed by atoms with Crippen molar-refractivity contribution in [2.24, 2.45) is 0 Å². The van der Waals surface area contributed by atoms with E-state index in [4.69, 9.17) is 11.6 Å². The first kappa shape index (κ1) is 28.9. The molecule has 4 aromatic heterocycles. The van der Waals surface area contributed by atoms with E-state index in [2.05, 4.69) is 25.3 Å². The van der Waals surface area contributed by atoms with Crippen LogP contribution in [-0.4, -0.2) is 67.0 Å². The van der Waals surface area contributed by atoms with Crippen LogP contribution in [0.4, 0.5) is 13.2 Å². The zero-order valence-electron chi connectivity index (χ0n) is 22.0. The van der Waals surface area contributed by atoms with E-state index in [0.717, 1.165) is 9.25 Å². The lowest BCUT2D eigenvalue weighted by atomic mass is 10.1. The summed E-state index contributed by atoms with van der Waals surface area (Å²) >= 11 is 5.93. The van der Waals surface area contributed by atoms with Gasteiger partial charge in [0.2, 0.25) is 0 Å². The molecule has 12 nitrogen and oxygen atoms in total. The van der Waals surface area contributed by atoms with Crippen LogP contribution < -0.4 is 5.69 Å². The fraction of sp³-hybridized carbons (Fsp3) is 0.269. The lowest BCUT2D eigenvalue weighted by Gasteiger charge is -2.15. The molecule has 1 atom stereocenters. The van der Waals surface area contributed by atoms with Gasteiger partial charge in [-0.1, -0.05) is 11.6 Å². The lowest BCUT2D eigenvalue weighted by Crippen LogP contribution is -2.37. The van der Waals surface area contributed by atoms with Gasteiger partial charge >= 0.3 is 11.9 Å². The molecule has 0 saturated heterocycles. The van der Waals surface area contributed by atoms with Gasteiger partial charge < -0.3 is 5.11 Å². The quantitative estimate of drug-likeness (QED) is 0.241. The number of carbonyl (C=O) groups excluding carboxylic acids is 1. The molecule has 0 fully saturated rings. The van der Waals surface area contributed by atoms with Crippen LogP contribution in [0.2, 0.25) is 5.02 Å². The number of nitrogens with zero attached hydrogens (tertiary/aromatic N) is 9. The molecule has 1 N–H and O–H groups in total. The van der Waals surface area contributed by atoms with Crippen LogP contribution in [0.15, 0.2) is 66.0 Å². The Kier molecular flexibility index (Phi) is 8.04. The van der Waals surface area contributed by atoms with Gasteiger partial charge in [-0.2, -0.15) is 18.3 Å². The molecule has 5 aromatic rings. The highest BCUT2D eigenvalue weighted by atomic mass is 35.5. The van der Waals surface area contributed by atoms with E-state index in [1.165, 1.54) is 35.3 Å². The number of Topliss-reactive ketones (excluding diaryl/α,β-unsaturated/α-hetero) is 1. The van der Waals surface area contributed by atoms with E-state index in [0.29, 0.717) is 34.2 Å². The molecule has 0 spiro atoms. The Morgan fingerprint density at radius 3 is 2.52 bits per heavy atom. The predicted molar refractivity (Wildman–Crippen MR) is 143 cm³/mol. The second-order valence-electron chi connectivity index (χ2n) is 9.15. The van der Waals surface area contributed by atoms with E-state index in [-0.39, 0.29) is 30.4 Å². The number of aliphatic hydroxyl groups excluding tert-OH is 1. The van der Waals surface area contributed by atoms with Gasteiger partial charge in [0, 0.05) is 29.5 Å². The standard InChI is InChI=1S/C26H23ClF3N9O3/c1-2-37-20(9-11-33-37)21(40)12-18-19(4-3-10-31-18)39-15-32-23(34-39)14-38-25(42)36(13-22(41)26(28,29)30)24(35-38)16-5-7-17(27)8-6-16/h3-11,15,22,41H,2,12-14H2,1H3/t22-/m0/s1. The second kappa shape index (κ2) is 11.7. The smallest absolute Gasteiger partial charge is 0.382 e.